The number of Topliss-reactive ketones (excluding diaryl/α,β-unsaturated/α-hetero) is 1. The van der Waals surface area contributed by atoms with Crippen LogP contribution in [0.3, 0.4) is 0 Å². The molecule has 1 spiro atoms. The van der Waals surface area contributed by atoms with Crippen LogP contribution in [-0.4, -0.2) is 109 Å². The Morgan fingerprint density at radius 3 is 2.53 bits per heavy atom. The van der Waals surface area contributed by atoms with E-state index in [-0.39, 0.29) is 42.0 Å². The van der Waals surface area contributed by atoms with Gasteiger partial charge in [-0.1, -0.05) is 30.7 Å². The van der Waals surface area contributed by atoms with Gasteiger partial charge in [-0.15, -0.1) is 0 Å². The second-order valence-electron chi connectivity index (χ2n) is 12.4. The third kappa shape index (κ3) is 9.46. The number of rotatable bonds is 10. The Balaban J connectivity index is 1.21. The third-order valence-electron chi connectivity index (χ3n) is 8.64. The maximum absolute atomic E-state index is 12.6. The van der Waals surface area contributed by atoms with Crippen molar-refractivity contribution >= 4 is 17.8 Å². The molecule has 4 aliphatic rings. The summed E-state index contributed by atoms with van der Waals surface area (Å²) in [6.07, 6.45) is 8.54. The van der Waals surface area contributed by atoms with E-state index in [4.69, 9.17) is 23.7 Å². The van der Waals surface area contributed by atoms with Crippen LogP contribution in [-0.2, 0) is 33.3 Å². The number of carbonyl (C=O) groups excluding carboxylic acids is 3. The summed E-state index contributed by atoms with van der Waals surface area (Å²) < 4.78 is 28.6. The SMILES string of the molecule is CC(=O)C[C@@H]1C[C@@]2(CO2)[C@H](O)[C@@H](/C=C/C(C)=C/C[C@@H]2O[C@H](C)[C@H](NC(=O)/C=C\[C@H](C)OC(=O)N3CCOCC3)C[C@@H]2C)O1. The lowest BCUT2D eigenvalue weighted by Gasteiger charge is -2.39. The molecule has 43 heavy (non-hydrogen) atoms. The van der Waals surface area contributed by atoms with Gasteiger partial charge in [0, 0.05) is 32.0 Å². The number of morpholine rings is 1. The monoisotopic (exact) mass is 604 g/mol. The molecular formula is C32H48N2O9. The van der Waals surface area contributed by atoms with E-state index in [1.807, 2.05) is 26.0 Å². The second kappa shape index (κ2) is 14.9. The van der Waals surface area contributed by atoms with Crippen molar-refractivity contribution in [1.82, 2.24) is 10.2 Å². The van der Waals surface area contributed by atoms with Crippen molar-refractivity contribution in [2.24, 2.45) is 5.92 Å². The van der Waals surface area contributed by atoms with Crippen LogP contribution in [0.5, 0.6) is 0 Å². The van der Waals surface area contributed by atoms with Gasteiger partial charge in [0.15, 0.2) is 0 Å². The van der Waals surface area contributed by atoms with E-state index >= 15 is 0 Å². The van der Waals surface area contributed by atoms with Crippen LogP contribution >= 0.6 is 0 Å². The second-order valence-corrected chi connectivity index (χ2v) is 12.4. The number of allylic oxidation sites excluding steroid dienone is 2. The molecule has 4 aliphatic heterocycles. The number of amides is 2. The number of carbonyl (C=O) groups is 3. The van der Waals surface area contributed by atoms with E-state index in [1.54, 1.807) is 24.8 Å². The van der Waals surface area contributed by atoms with Crippen LogP contribution in [0, 0.1) is 5.92 Å². The Labute approximate surface area is 254 Å². The summed E-state index contributed by atoms with van der Waals surface area (Å²) in [5.74, 6) is 0.0222. The summed E-state index contributed by atoms with van der Waals surface area (Å²) in [7, 11) is 0. The number of hydrogen-bond donors (Lipinski definition) is 2. The lowest BCUT2D eigenvalue weighted by Crippen LogP contribution is -2.50. The van der Waals surface area contributed by atoms with Crippen LogP contribution in [0.25, 0.3) is 0 Å². The predicted octanol–water partition coefficient (Wildman–Crippen LogP) is 2.86. The molecule has 4 heterocycles. The van der Waals surface area contributed by atoms with E-state index in [9.17, 15) is 19.5 Å². The highest BCUT2D eigenvalue weighted by atomic mass is 16.6. The fourth-order valence-corrected chi connectivity index (χ4v) is 5.93. The van der Waals surface area contributed by atoms with Crippen molar-refractivity contribution in [2.45, 2.75) is 109 Å². The fourth-order valence-electron chi connectivity index (χ4n) is 5.93. The molecule has 240 valence electrons. The van der Waals surface area contributed by atoms with E-state index in [1.165, 1.54) is 6.08 Å². The lowest BCUT2D eigenvalue weighted by molar-refractivity contribution is -0.143. The van der Waals surface area contributed by atoms with Gasteiger partial charge in [0.25, 0.3) is 0 Å². The number of hydrogen-bond acceptors (Lipinski definition) is 9. The van der Waals surface area contributed by atoms with E-state index < -0.39 is 30.0 Å². The molecule has 0 bridgehead atoms. The highest BCUT2D eigenvalue weighted by Gasteiger charge is 2.58. The van der Waals surface area contributed by atoms with Gasteiger partial charge in [-0.25, -0.2) is 4.79 Å². The number of aliphatic hydroxyl groups is 1. The topological polar surface area (TPSA) is 136 Å². The molecule has 0 saturated carbocycles. The standard InChI is InChI=1S/C32H48N2O9/c1-20(7-10-28-30(37)32(19-40-32)18-25(43-28)17-22(3)35)6-9-27-21(2)16-26(24(5)42-27)33-29(36)11-8-23(4)41-31(38)34-12-14-39-15-13-34/h6-8,10-11,21,23-28,30,37H,9,12-19H2,1-5H3,(H,33,36)/b10-7+,11-8-,20-6+/t21-,23-,24+,25+,26+,27-,28+,30+,32+/m0/s1. The molecule has 2 amide bonds. The maximum atomic E-state index is 12.6. The molecule has 0 aromatic carbocycles. The third-order valence-corrected chi connectivity index (χ3v) is 8.64. The summed E-state index contributed by atoms with van der Waals surface area (Å²) in [5, 5.41) is 13.8. The van der Waals surface area contributed by atoms with E-state index in [0.717, 1.165) is 12.0 Å². The van der Waals surface area contributed by atoms with Crippen molar-refractivity contribution in [3.8, 4) is 0 Å². The Morgan fingerprint density at radius 1 is 1.14 bits per heavy atom. The van der Waals surface area contributed by atoms with E-state index in [0.29, 0.717) is 52.2 Å². The van der Waals surface area contributed by atoms with Gasteiger partial charge in [0.2, 0.25) is 5.91 Å². The Hall–Kier alpha value is -2.57. The molecule has 0 radical (unpaired) electrons. The van der Waals surface area contributed by atoms with E-state index in [2.05, 4.69) is 18.3 Å². The van der Waals surface area contributed by atoms with Crippen molar-refractivity contribution in [3.05, 3.63) is 36.0 Å². The van der Waals surface area contributed by atoms with Gasteiger partial charge in [-0.2, -0.15) is 0 Å². The first-order chi connectivity index (χ1) is 20.5. The van der Waals surface area contributed by atoms with Gasteiger partial charge >= 0.3 is 6.09 Å². The van der Waals surface area contributed by atoms with Crippen LogP contribution < -0.4 is 5.32 Å². The normalized spacial score (nSPS) is 35.7. The van der Waals surface area contributed by atoms with Gasteiger partial charge in [0.05, 0.1) is 44.2 Å². The minimum absolute atomic E-state index is 0.00117. The number of nitrogens with zero attached hydrogens (tertiary/aromatic N) is 1. The fraction of sp³-hybridized carbons (Fsp3) is 0.719. The Kier molecular flexibility index (Phi) is 11.6. The summed E-state index contributed by atoms with van der Waals surface area (Å²) in [6.45, 7) is 11.8. The molecule has 4 fully saturated rings. The molecule has 9 atom stereocenters. The highest BCUT2D eigenvalue weighted by molar-refractivity contribution is 5.87. The Bertz CT molecular complexity index is 1080. The largest absolute Gasteiger partial charge is 0.442 e. The zero-order chi connectivity index (χ0) is 31.1. The predicted molar refractivity (Wildman–Crippen MR) is 158 cm³/mol. The molecule has 4 saturated heterocycles. The zero-order valence-electron chi connectivity index (χ0n) is 26.0. The van der Waals surface area contributed by atoms with Crippen molar-refractivity contribution < 1.29 is 43.2 Å². The first-order valence-corrected chi connectivity index (χ1v) is 15.4. The molecular weight excluding hydrogens is 556 g/mol. The summed E-state index contributed by atoms with van der Waals surface area (Å²) in [5.41, 5.74) is 0.422. The quantitative estimate of drug-likeness (QED) is 0.219. The molecule has 0 aromatic heterocycles. The minimum Gasteiger partial charge on any atom is -0.442 e. The van der Waals surface area contributed by atoms with Crippen LogP contribution in [0.15, 0.2) is 36.0 Å². The minimum atomic E-state index is -0.766. The van der Waals surface area contributed by atoms with Gasteiger partial charge in [-0.05, 0) is 52.5 Å². The lowest BCUT2D eigenvalue weighted by atomic mass is 9.87. The molecule has 4 rings (SSSR count). The number of epoxide rings is 1. The van der Waals surface area contributed by atoms with Crippen LogP contribution in [0.2, 0.25) is 0 Å². The molecule has 0 unspecified atom stereocenters. The molecule has 11 nitrogen and oxygen atoms in total. The number of aliphatic hydroxyl groups excluding tert-OH is 1. The molecule has 0 aliphatic carbocycles. The number of nitrogens with one attached hydrogen (secondary N) is 1. The smallest absolute Gasteiger partial charge is 0.410 e. The first-order valence-electron chi connectivity index (χ1n) is 15.4. The van der Waals surface area contributed by atoms with Crippen molar-refractivity contribution in [3.63, 3.8) is 0 Å². The van der Waals surface area contributed by atoms with Gasteiger partial charge in [-0.3, -0.25) is 9.59 Å². The molecule has 0 aromatic rings. The van der Waals surface area contributed by atoms with Crippen LogP contribution in [0.4, 0.5) is 4.79 Å². The zero-order valence-corrected chi connectivity index (χ0v) is 26.0. The highest BCUT2D eigenvalue weighted by Crippen LogP contribution is 2.43. The number of ketones is 1. The molecule has 2 N–H and O–H groups in total. The van der Waals surface area contributed by atoms with Gasteiger partial charge < -0.3 is 39.0 Å². The summed E-state index contributed by atoms with van der Waals surface area (Å²) in [6, 6.07) is -0.135. The summed E-state index contributed by atoms with van der Waals surface area (Å²) in [4.78, 5) is 38.0. The van der Waals surface area contributed by atoms with Crippen molar-refractivity contribution in [2.75, 3.05) is 32.9 Å². The Morgan fingerprint density at radius 2 is 1.86 bits per heavy atom. The van der Waals surface area contributed by atoms with Gasteiger partial charge in [0.1, 0.15) is 29.7 Å². The average Bonchev–Trinajstić information content (AvgIpc) is 3.74. The molecule has 11 heteroatoms. The summed E-state index contributed by atoms with van der Waals surface area (Å²) >= 11 is 0. The van der Waals surface area contributed by atoms with Crippen LogP contribution in [0.1, 0.15) is 60.3 Å². The van der Waals surface area contributed by atoms with Crippen molar-refractivity contribution in [1.29, 1.82) is 0 Å². The maximum Gasteiger partial charge on any atom is 0.410 e. The first kappa shape index (κ1) is 33.3. The average molecular weight is 605 g/mol. The number of ether oxygens (including phenoxy) is 5.